The molecule has 0 bridgehead atoms. The lowest BCUT2D eigenvalue weighted by Gasteiger charge is -2.09. The highest BCUT2D eigenvalue weighted by molar-refractivity contribution is 9.10. The van der Waals surface area contributed by atoms with Crippen molar-refractivity contribution in [3.63, 3.8) is 0 Å². The van der Waals surface area contributed by atoms with Gasteiger partial charge in [0.15, 0.2) is 0 Å². The van der Waals surface area contributed by atoms with Crippen LogP contribution in [0, 0.1) is 5.82 Å². The number of hydrogen-bond donors (Lipinski definition) is 2. The Labute approximate surface area is 126 Å². The van der Waals surface area contributed by atoms with Gasteiger partial charge in [-0.05, 0) is 64.2 Å². The molecule has 0 saturated carbocycles. The molecule has 0 amide bonds. The first-order valence-electron chi connectivity index (χ1n) is 6.56. The third kappa shape index (κ3) is 4.32. The Bertz CT molecular complexity index is 574. The lowest BCUT2D eigenvalue weighted by atomic mass is 10.1. The van der Waals surface area contributed by atoms with Gasteiger partial charge in [-0.15, -0.1) is 0 Å². The van der Waals surface area contributed by atoms with E-state index in [1.165, 1.54) is 11.6 Å². The summed E-state index contributed by atoms with van der Waals surface area (Å²) in [4.78, 5) is 0. The Morgan fingerprint density at radius 1 is 1.10 bits per heavy atom. The topological polar surface area (TPSA) is 32.3 Å². The molecule has 106 valence electrons. The molecule has 20 heavy (non-hydrogen) atoms. The minimum absolute atomic E-state index is 0.204. The van der Waals surface area contributed by atoms with E-state index in [4.69, 9.17) is 5.11 Å². The second kappa shape index (κ2) is 7.41. The van der Waals surface area contributed by atoms with E-state index in [1.807, 2.05) is 24.3 Å². The molecule has 0 fully saturated rings. The van der Waals surface area contributed by atoms with Crippen LogP contribution in [0.3, 0.4) is 0 Å². The van der Waals surface area contributed by atoms with Crippen LogP contribution in [0.4, 0.5) is 10.1 Å². The third-order valence-electron chi connectivity index (χ3n) is 3.03. The van der Waals surface area contributed by atoms with Crippen LogP contribution in [-0.2, 0) is 13.0 Å². The molecular weight excluding hydrogens is 321 g/mol. The standard InChI is InChI=1S/C16H17BrFNO/c17-15-7-6-13(10-16(15)18)11-19-14-5-1-3-12(9-14)4-2-8-20/h1,3,5-7,9-10,19-20H,2,4,8,11H2. The molecule has 0 aliphatic rings. The van der Waals surface area contributed by atoms with Crippen LogP contribution >= 0.6 is 15.9 Å². The van der Waals surface area contributed by atoms with Crippen LogP contribution in [-0.4, -0.2) is 11.7 Å². The Morgan fingerprint density at radius 2 is 1.95 bits per heavy atom. The number of nitrogens with one attached hydrogen (secondary N) is 1. The first-order chi connectivity index (χ1) is 9.69. The third-order valence-corrected chi connectivity index (χ3v) is 3.67. The molecule has 0 heterocycles. The van der Waals surface area contributed by atoms with E-state index < -0.39 is 0 Å². The molecular formula is C16H17BrFNO. The second-order valence-corrected chi connectivity index (χ2v) is 5.48. The average molecular weight is 338 g/mol. The van der Waals surface area contributed by atoms with Crippen LogP contribution < -0.4 is 5.32 Å². The van der Waals surface area contributed by atoms with Crippen molar-refractivity contribution in [2.45, 2.75) is 19.4 Å². The molecule has 2 aromatic carbocycles. The molecule has 0 unspecified atom stereocenters. The van der Waals surface area contributed by atoms with Crippen LogP contribution in [0.1, 0.15) is 17.5 Å². The van der Waals surface area contributed by atoms with E-state index in [1.54, 1.807) is 6.07 Å². The van der Waals surface area contributed by atoms with Crippen molar-refractivity contribution in [2.24, 2.45) is 0 Å². The van der Waals surface area contributed by atoms with Gasteiger partial charge in [0.25, 0.3) is 0 Å². The van der Waals surface area contributed by atoms with Crippen LogP contribution in [0.2, 0.25) is 0 Å². The molecule has 0 aromatic heterocycles. The number of aliphatic hydroxyl groups is 1. The summed E-state index contributed by atoms with van der Waals surface area (Å²) in [5.41, 5.74) is 3.08. The normalized spacial score (nSPS) is 10.6. The van der Waals surface area contributed by atoms with Crippen LogP contribution in [0.25, 0.3) is 0 Å². The fourth-order valence-electron chi connectivity index (χ4n) is 1.97. The van der Waals surface area contributed by atoms with Gasteiger partial charge in [-0.3, -0.25) is 0 Å². The van der Waals surface area contributed by atoms with Gasteiger partial charge >= 0.3 is 0 Å². The zero-order valence-electron chi connectivity index (χ0n) is 11.1. The number of anilines is 1. The van der Waals surface area contributed by atoms with E-state index in [9.17, 15) is 4.39 Å². The molecule has 0 saturated heterocycles. The summed E-state index contributed by atoms with van der Waals surface area (Å²) < 4.78 is 13.9. The number of benzene rings is 2. The maximum atomic E-state index is 13.4. The highest BCUT2D eigenvalue weighted by atomic mass is 79.9. The summed E-state index contributed by atoms with van der Waals surface area (Å²) in [5, 5.41) is 12.1. The zero-order valence-corrected chi connectivity index (χ0v) is 12.7. The number of rotatable bonds is 6. The number of hydrogen-bond acceptors (Lipinski definition) is 2. The van der Waals surface area contributed by atoms with Crippen molar-refractivity contribution >= 4 is 21.6 Å². The highest BCUT2D eigenvalue weighted by Crippen LogP contribution is 2.18. The van der Waals surface area contributed by atoms with Gasteiger partial charge in [0, 0.05) is 18.8 Å². The second-order valence-electron chi connectivity index (χ2n) is 4.63. The van der Waals surface area contributed by atoms with Crippen molar-refractivity contribution < 1.29 is 9.50 Å². The van der Waals surface area contributed by atoms with Crippen LogP contribution in [0.5, 0.6) is 0 Å². The van der Waals surface area contributed by atoms with E-state index in [2.05, 4.69) is 27.3 Å². The van der Waals surface area contributed by atoms with Crippen molar-refractivity contribution in [2.75, 3.05) is 11.9 Å². The molecule has 0 atom stereocenters. The Balaban J connectivity index is 1.97. The summed E-state index contributed by atoms with van der Waals surface area (Å²) in [6.45, 7) is 0.781. The van der Waals surface area contributed by atoms with Gasteiger partial charge in [-0.25, -0.2) is 4.39 Å². The Hall–Kier alpha value is -1.39. The lowest BCUT2D eigenvalue weighted by molar-refractivity contribution is 0.288. The molecule has 0 aliphatic heterocycles. The molecule has 0 spiro atoms. The van der Waals surface area contributed by atoms with Gasteiger partial charge in [-0.2, -0.15) is 0 Å². The van der Waals surface area contributed by atoms with Gasteiger partial charge in [0.05, 0.1) is 4.47 Å². The highest BCUT2D eigenvalue weighted by Gasteiger charge is 2.01. The smallest absolute Gasteiger partial charge is 0.137 e. The van der Waals surface area contributed by atoms with E-state index in [0.29, 0.717) is 11.0 Å². The van der Waals surface area contributed by atoms with Gasteiger partial charge in [0.2, 0.25) is 0 Å². The van der Waals surface area contributed by atoms with Crippen LogP contribution in [0.15, 0.2) is 46.9 Å². The fourth-order valence-corrected chi connectivity index (χ4v) is 2.22. The molecule has 2 N–H and O–H groups in total. The summed E-state index contributed by atoms with van der Waals surface area (Å²) in [6.07, 6.45) is 1.63. The number of aryl methyl sites for hydroxylation is 1. The van der Waals surface area contributed by atoms with Gasteiger partial charge < -0.3 is 10.4 Å². The summed E-state index contributed by atoms with van der Waals surface area (Å²) in [5.74, 6) is -0.249. The number of aliphatic hydroxyl groups excluding tert-OH is 1. The Morgan fingerprint density at radius 3 is 2.70 bits per heavy atom. The fraction of sp³-hybridized carbons (Fsp3) is 0.250. The van der Waals surface area contributed by atoms with Crippen molar-refractivity contribution in [3.05, 3.63) is 63.9 Å². The monoisotopic (exact) mass is 337 g/mol. The molecule has 2 rings (SSSR count). The summed E-state index contributed by atoms with van der Waals surface area (Å²) >= 11 is 3.14. The summed E-state index contributed by atoms with van der Waals surface area (Å²) in [7, 11) is 0. The van der Waals surface area contributed by atoms with Gasteiger partial charge in [0.1, 0.15) is 5.82 Å². The van der Waals surface area contributed by atoms with E-state index >= 15 is 0 Å². The first-order valence-corrected chi connectivity index (χ1v) is 7.36. The molecule has 0 aliphatic carbocycles. The molecule has 0 radical (unpaired) electrons. The molecule has 4 heteroatoms. The molecule has 2 nitrogen and oxygen atoms in total. The Kier molecular flexibility index (Phi) is 5.56. The predicted molar refractivity (Wildman–Crippen MR) is 83.3 cm³/mol. The largest absolute Gasteiger partial charge is 0.396 e. The quantitative estimate of drug-likeness (QED) is 0.830. The average Bonchev–Trinajstić information content (AvgIpc) is 2.47. The lowest BCUT2D eigenvalue weighted by Crippen LogP contribution is -2.00. The SMILES string of the molecule is OCCCc1cccc(NCc2ccc(Br)c(F)c2)c1. The van der Waals surface area contributed by atoms with Crippen molar-refractivity contribution in [1.29, 1.82) is 0 Å². The molecule has 2 aromatic rings. The van der Waals surface area contributed by atoms with E-state index in [0.717, 1.165) is 24.1 Å². The van der Waals surface area contributed by atoms with Crippen molar-refractivity contribution in [3.8, 4) is 0 Å². The predicted octanol–water partition coefficient (Wildman–Crippen LogP) is 4.13. The van der Waals surface area contributed by atoms with Gasteiger partial charge in [-0.1, -0.05) is 18.2 Å². The van der Waals surface area contributed by atoms with E-state index in [-0.39, 0.29) is 12.4 Å². The minimum atomic E-state index is -0.249. The minimum Gasteiger partial charge on any atom is -0.396 e. The van der Waals surface area contributed by atoms with Crippen molar-refractivity contribution in [1.82, 2.24) is 0 Å². The number of halogens is 2. The zero-order chi connectivity index (χ0) is 14.4. The first kappa shape index (κ1) is 15.0. The maximum absolute atomic E-state index is 13.4. The summed E-state index contributed by atoms with van der Waals surface area (Å²) in [6, 6.07) is 13.2. The maximum Gasteiger partial charge on any atom is 0.137 e.